The van der Waals surface area contributed by atoms with Crippen molar-refractivity contribution < 1.29 is 9.53 Å². The molecule has 0 saturated carbocycles. The van der Waals surface area contributed by atoms with Crippen molar-refractivity contribution in [2.75, 3.05) is 11.5 Å². The van der Waals surface area contributed by atoms with Gasteiger partial charge in [0.2, 0.25) is 0 Å². The molecule has 1 heterocycles. The molecule has 4 nitrogen and oxygen atoms in total. The SMILES string of the molecule is Cc1ccc(OCC(=O)N(Cc2ccccn2)c2ccc(Br)cc2)c(C)c1. The molecule has 0 bridgehead atoms. The third-order valence-corrected chi connectivity index (χ3v) is 4.70. The molecular weight excluding hydrogens is 404 g/mol. The molecule has 1 aromatic heterocycles. The highest BCUT2D eigenvalue weighted by Gasteiger charge is 2.18. The number of benzene rings is 2. The molecule has 3 rings (SSSR count). The van der Waals surface area contributed by atoms with E-state index in [4.69, 9.17) is 4.74 Å². The second kappa shape index (κ2) is 8.82. The Labute approximate surface area is 167 Å². The van der Waals surface area contributed by atoms with Gasteiger partial charge in [0.05, 0.1) is 12.2 Å². The number of carbonyl (C=O) groups excluding carboxylic acids is 1. The standard InChI is InChI=1S/C22H21BrN2O2/c1-16-6-11-21(17(2)13-16)27-15-22(26)25(14-19-5-3-4-12-24-19)20-9-7-18(23)8-10-20/h3-13H,14-15H2,1-2H3. The highest BCUT2D eigenvalue weighted by molar-refractivity contribution is 9.10. The van der Waals surface area contributed by atoms with Crippen molar-refractivity contribution in [1.29, 1.82) is 0 Å². The lowest BCUT2D eigenvalue weighted by atomic mass is 10.1. The van der Waals surface area contributed by atoms with E-state index in [0.29, 0.717) is 6.54 Å². The van der Waals surface area contributed by atoms with Crippen molar-refractivity contribution in [3.63, 3.8) is 0 Å². The van der Waals surface area contributed by atoms with Crippen LogP contribution in [0.15, 0.2) is 71.3 Å². The lowest BCUT2D eigenvalue weighted by Crippen LogP contribution is -2.34. The number of anilines is 1. The van der Waals surface area contributed by atoms with E-state index in [9.17, 15) is 4.79 Å². The zero-order valence-corrected chi connectivity index (χ0v) is 16.9. The van der Waals surface area contributed by atoms with Crippen molar-refractivity contribution >= 4 is 27.5 Å². The molecule has 2 aromatic carbocycles. The number of carbonyl (C=O) groups is 1. The van der Waals surface area contributed by atoms with E-state index in [-0.39, 0.29) is 12.5 Å². The summed E-state index contributed by atoms with van der Waals surface area (Å²) in [4.78, 5) is 19.0. The Morgan fingerprint density at radius 1 is 1.07 bits per heavy atom. The maximum atomic E-state index is 12.9. The van der Waals surface area contributed by atoms with Crippen LogP contribution in [-0.4, -0.2) is 17.5 Å². The van der Waals surface area contributed by atoms with E-state index in [0.717, 1.165) is 32.7 Å². The summed E-state index contributed by atoms with van der Waals surface area (Å²) in [6, 6.07) is 19.2. The molecule has 0 spiro atoms. The topological polar surface area (TPSA) is 42.4 Å². The van der Waals surface area contributed by atoms with E-state index < -0.39 is 0 Å². The second-order valence-electron chi connectivity index (χ2n) is 6.34. The summed E-state index contributed by atoms with van der Waals surface area (Å²) >= 11 is 3.43. The first-order valence-electron chi connectivity index (χ1n) is 8.69. The van der Waals surface area contributed by atoms with Gasteiger partial charge in [-0.1, -0.05) is 39.7 Å². The van der Waals surface area contributed by atoms with Gasteiger partial charge in [-0.05, 0) is 61.9 Å². The Morgan fingerprint density at radius 3 is 2.52 bits per heavy atom. The minimum Gasteiger partial charge on any atom is -0.483 e. The van der Waals surface area contributed by atoms with E-state index in [1.54, 1.807) is 11.1 Å². The molecule has 1 amide bonds. The monoisotopic (exact) mass is 424 g/mol. The number of aryl methyl sites for hydroxylation is 2. The van der Waals surface area contributed by atoms with Crippen LogP contribution in [-0.2, 0) is 11.3 Å². The molecule has 5 heteroatoms. The first kappa shape index (κ1) is 19.1. The fourth-order valence-electron chi connectivity index (χ4n) is 2.78. The van der Waals surface area contributed by atoms with Gasteiger partial charge in [0.15, 0.2) is 6.61 Å². The Kier molecular flexibility index (Phi) is 6.24. The molecule has 0 radical (unpaired) electrons. The van der Waals surface area contributed by atoms with E-state index in [1.165, 1.54) is 0 Å². The fraction of sp³-hybridized carbons (Fsp3) is 0.182. The van der Waals surface area contributed by atoms with Crippen molar-refractivity contribution in [3.05, 3.63) is 88.2 Å². The van der Waals surface area contributed by atoms with Crippen molar-refractivity contribution in [2.45, 2.75) is 20.4 Å². The average molecular weight is 425 g/mol. The largest absolute Gasteiger partial charge is 0.483 e. The summed E-state index contributed by atoms with van der Waals surface area (Å²) < 4.78 is 6.76. The van der Waals surface area contributed by atoms with E-state index in [1.807, 2.05) is 74.5 Å². The lowest BCUT2D eigenvalue weighted by Gasteiger charge is -2.23. The molecule has 0 saturated heterocycles. The van der Waals surface area contributed by atoms with Crippen LogP contribution < -0.4 is 9.64 Å². The maximum absolute atomic E-state index is 12.9. The summed E-state index contributed by atoms with van der Waals surface area (Å²) in [5, 5.41) is 0. The first-order valence-corrected chi connectivity index (χ1v) is 9.48. The number of hydrogen-bond donors (Lipinski definition) is 0. The quantitative estimate of drug-likeness (QED) is 0.554. The van der Waals surface area contributed by atoms with Crippen LogP contribution in [0.1, 0.15) is 16.8 Å². The van der Waals surface area contributed by atoms with Crippen LogP contribution in [0.4, 0.5) is 5.69 Å². The predicted molar refractivity (Wildman–Crippen MR) is 111 cm³/mol. The second-order valence-corrected chi connectivity index (χ2v) is 7.25. The highest BCUT2D eigenvalue weighted by Crippen LogP contribution is 2.22. The molecule has 0 unspecified atom stereocenters. The van der Waals surface area contributed by atoms with Crippen LogP contribution in [0.5, 0.6) is 5.75 Å². The number of halogens is 1. The molecule has 0 aliphatic heterocycles. The zero-order valence-electron chi connectivity index (χ0n) is 15.4. The minimum atomic E-state index is -0.122. The summed E-state index contributed by atoms with van der Waals surface area (Å²) in [6.45, 7) is 4.36. The van der Waals surface area contributed by atoms with Crippen molar-refractivity contribution in [1.82, 2.24) is 4.98 Å². The lowest BCUT2D eigenvalue weighted by molar-refractivity contribution is -0.120. The van der Waals surface area contributed by atoms with Crippen molar-refractivity contribution in [3.8, 4) is 5.75 Å². The smallest absolute Gasteiger partial charge is 0.265 e. The molecule has 0 fully saturated rings. The Balaban J connectivity index is 1.78. The summed E-state index contributed by atoms with van der Waals surface area (Å²) in [5.74, 6) is 0.602. The van der Waals surface area contributed by atoms with Gasteiger partial charge in [-0.25, -0.2) is 0 Å². The van der Waals surface area contributed by atoms with E-state index >= 15 is 0 Å². The number of amides is 1. The molecule has 3 aromatic rings. The molecule has 27 heavy (non-hydrogen) atoms. The summed E-state index contributed by atoms with van der Waals surface area (Å²) in [5.41, 5.74) is 3.80. The fourth-order valence-corrected chi connectivity index (χ4v) is 3.04. The van der Waals surface area contributed by atoms with Crippen molar-refractivity contribution in [2.24, 2.45) is 0 Å². The number of pyridine rings is 1. The number of ether oxygens (including phenoxy) is 1. The summed E-state index contributed by atoms with van der Waals surface area (Å²) in [6.07, 6.45) is 1.73. The third-order valence-electron chi connectivity index (χ3n) is 4.17. The van der Waals surface area contributed by atoms with Gasteiger partial charge >= 0.3 is 0 Å². The predicted octanol–water partition coefficient (Wildman–Crippen LogP) is 5.07. The Bertz CT molecular complexity index is 911. The zero-order chi connectivity index (χ0) is 19.2. The Hall–Kier alpha value is -2.66. The number of nitrogens with zero attached hydrogens (tertiary/aromatic N) is 2. The molecule has 0 aliphatic rings. The maximum Gasteiger partial charge on any atom is 0.265 e. The van der Waals surface area contributed by atoms with Gasteiger partial charge in [0.1, 0.15) is 5.75 Å². The third kappa shape index (κ3) is 5.17. The van der Waals surface area contributed by atoms with Gasteiger partial charge < -0.3 is 9.64 Å². The average Bonchev–Trinajstić information content (AvgIpc) is 2.67. The first-order chi connectivity index (χ1) is 13.0. The number of rotatable bonds is 6. The normalized spacial score (nSPS) is 10.5. The van der Waals surface area contributed by atoms with Crippen LogP contribution in [0.25, 0.3) is 0 Å². The van der Waals surface area contributed by atoms with Crippen LogP contribution >= 0.6 is 15.9 Å². The van der Waals surface area contributed by atoms with Crippen LogP contribution in [0.2, 0.25) is 0 Å². The molecule has 0 N–H and O–H groups in total. The van der Waals surface area contributed by atoms with Gasteiger partial charge in [0, 0.05) is 16.4 Å². The molecule has 0 atom stereocenters. The number of aromatic nitrogens is 1. The number of hydrogen-bond acceptors (Lipinski definition) is 3. The van der Waals surface area contributed by atoms with Gasteiger partial charge in [-0.15, -0.1) is 0 Å². The van der Waals surface area contributed by atoms with Crippen LogP contribution in [0.3, 0.4) is 0 Å². The summed E-state index contributed by atoms with van der Waals surface area (Å²) in [7, 11) is 0. The molecule has 0 aliphatic carbocycles. The molecular formula is C22H21BrN2O2. The van der Waals surface area contributed by atoms with Gasteiger partial charge in [-0.3, -0.25) is 9.78 Å². The highest BCUT2D eigenvalue weighted by atomic mass is 79.9. The Morgan fingerprint density at radius 2 is 1.85 bits per heavy atom. The van der Waals surface area contributed by atoms with Gasteiger partial charge in [-0.2, -0.15) is 0 Å². The van der Waals surface area contributed by atoms with E-state index in [2.05, 4.69) is 20.9 Å². The minimum absolute atomic E-state index is 0.0349. The van der Waals surface area contributed by atoms with Gasteiger partial charge in [0.25, 0.3) is 5.91 Å². The van der Waals surface area contributed by atoms with Crippen LogP contribution in [0, 0.1) is 13.8 Å². The molecule has 138 valence electrons.